The minimum atomic E-state index is -0.439. The number of halogens is 1. The molecule has 2 aromatic rings. The fraction of sp³-hybridized carbons (Fsp3) is 0.125. The number of esters is 1. The van der Waals surface area contributed by atoms with Crippen molar-refractivity contribution in [2.24, 2.45) is 0 Å². The maximum Gasteiger partial charge on any atom is 0.343 e. The molecule has 0 aliphatic carbocycles. The molecule has 14 heavy (non-hydrogen) atoms. The van der Waals surface area contributed by atoms with Gasteiger partial charge in [0.15, 0.2) is 5.65 Å². The van der Waals surface area contributed by atoms with E-state index in [0.29, 0.717) is 11.2 Å². The van der Waals surface area contributed by atoms with Crippen molar-refractivity contribution >= 4 is 27.5 Å². The highest BCUT2D eigenvalue weighted by Gasteiger charge is 2.14. The summed E-state index contributed by atoms with van der Waals surface area (Å²) in [5, 5.41) is 3.99. The highest BCUT2D eigenvalue weighted by Crippen LogP contribution is 2.14. The summed E-state index contributed by atoms with van der Waals surface area (Å²) in [6, 6.07) is 1.74. The standard InChI is InChI=1S/C8H6BrN3O2/c1-14-8(13)5-4-11-12-6(9)2-3-10-7(5)12/h2-4H,1H3. The minimum absolute atomic E-state index is 0.355. The van der Waals surface area contributed by atoms with Gasteiger partial charge in [0.25, 0.3) is 0 Å². The quantitative estimate of drug-likeness (QED) is 0.569. The van der Waals surface area contributed by atoms with E-state index >= 15 is 0 Å². The van der Waals surface area contributed by atoms with Gasteiger partial charge in [0.2, 0.25) is 0 Å². The molecule has 0 aromatic carbocycles. The maximum absolute atomic E-state index is 11.3. The summed E-state index contributed by atoms with van der Waals surface area (Å²) in [4.78, 5) is 15.3. The van der Waals surface area contributed by atoms with E-state index in [1.54, 1.807) is 12.3 Å². The van der Waals surface area contributed by atoms with Gasteiger partial charge in [-0.05, 0) is 22.0 Å². The molecule has 2 rings (SSSR count). The van der Waals surface area contributed by atoms with Crippen LogP contribution in [0.4, 0.5) is 0 Å². The third kappa shape index (κ3) is 1.27. The van der Waals surface area contributed by atoms with Gasteiger partial charge >= 0.3 is 5.97 Å². The first-order valence-corrected chi connectivity index (χ1v) is 4.60. The molecule has 0 aliphatic rings. The Morgan fingerprint density at radius 2 is 2.43 bits per heavy atom. The summed E-state index contributed by atoms with van der Waals surface area (Å²) >= 11 is 3.29. The average Bonchev–Trinajstić information content (AvgIpc) is 2.62. The molecular formula is C8H6BrN3O2. The van der Waals surface area contributed by atoms with E-state index in [1.807, 2.05) is 0 Å². The van der Waals surface area contributed by atoms with E-state index in [0.717, 1.165) is 4.60 Å². The lowest BCUT2D eigenvalue weighted by molar-refractivity contribution is 0.0602. The van der Waals surface area contributed by atoms with Crippen LogP contribution in [0.25, 0.3) is 5.65 Å². The third-order valence-corrected chi connectivity index (χ3v) is 2.36. The summed E-state index contributed by atoms with van der Waals surface area (Å²) in [5.74, 6) is -0.439. The fourth-order valence-electron chi connectivity index (χ4n) is 1.12. The van der Waals surface area contributed by atoms with Crippen molar-refractivity contribution in [3.05, 3.63) is 28.6 Å². The van der Waals surface area contributed by atoms with Crippen molar-refractivity contribution in [2.45, 2.75) is 0 Å². The second-order valence-electron chi connectivity index (χ2n) is 2.55. The van der Waals surface area contributed by atoms with Crippen molar-refractivity contribution < 1.29 is 9.53 Å². The predicted molar refractivity (Wildman–Crippen MR) is 52.0 cm³/mol. The predicted octanol–water partition coefficient (Wildman–Crippen LogP) is 1.28. The minimum Gasteiger partial charge on any atom is -0.465 e. The first-order valence-electron chi connectivity index (χ1n) is 3.80. The number of hydrogen-bond acceptors (Lipinski definition) is 4. The summed E-state index contributed by atoms with van der Waals surface area (Å²) in [6.45, 7) is 0. The zero-order valence-corrected chi connectivity index (χ0v) is 8.85. The van der Waals surface area contributed by atoms with Gasteiger partial charge in [0.05, 0.1) is 13.3 Å². The lowest BCUT2D eigenvalue weighted by atomic mass is 10.3. The Kier molecular flexibility index (Phi) is 2.20. The van der Waals surface area contributed by atoms with Gasteiger partial charge in [0.1, 0.15) is 10.2 Å². The Balaban J connectivity index is 2.70. The molecule has 6 heteroatoms. The Morgan fingerprint density at radius 1 is 1.64 bits per heavy atom. The average molecular weight is 256 g/mol. The van der Waals surface area contributed by atoms with Crippen molar-refractivity contribution in [1.82, 2.24) is 14.6 Å². The normalized spacial score (nSPS) is 10.4. The number of hydrogen-bond donors (Lipinski definition) is 0. The molecule has 0 aliphatic heterocycles. The molecule has 0 spiro atoms. The van der Waals surface area contributed by atoms with Gasteiger partial charge in [-0.1, -0.05) is 0 Å². The Labute approximate surface area is 87.8 Å². The highest BCUT2D eigenvalue weighted by atomic mass is 79.9. The lowest BCUT2D eigenvalue weighted by Crippen LogP contribution is -2.01. The molecule has 0 atom stereocenters. The SMILES string of the molecule is COC(=O)c1cnn2c(Br)ccnc12. The molecule has 5 nitrogen and oxygen atoms in total. The van der Waals surface area contributed by atoms with Crippen LogP contribution in [-0.2, 0) is 4.74 Å². The number of ether oxygens (including phenoxy) is 1. The summed E-state index contributed by atoms with van der Waals surface area (Å²) < 4.78 is 6.85. The molecule has 0 fully saturated rings. The van der Waals surface area contributed by atoms with Crippen molar-refractivity contribution in [3.8, 4) is 0 Å². The van der Waals surface area contributed by atoms with Gasteiger partial charge in [-0.3, -0.25) is 0 Å². The number of carbonyl (C=O) groups excluding carboxylic acids is 1. The smallest absolute Gasteiger partial charge is 0.343 e. The van der Waals surface area contributed by atoms with Gasteiger partial charge in [0, 0.05) is 6.20 Å². The molecule has 0 radical (unpaired) electrons. The molecule has 0 saturated heterocycles. The molecule has 0 N–H and O–H groups in total. The molecule has 0 unspecified atom stereocenters. The first kappa shape index (κ1) is 9.14. The number of fused-ring (bicyclic) bond motifs is 1. The van der Waals surface area contributed by atoms with Crippen LogP contribution in [0, 0.1) is 0 Å². The summed E-state index contributed by atoms with van der Waals surface area (Å²) in [6.07, 6.45) is 3.02. The Hall–Kier alpha value is -1.43. The lowest BCUT2D eigenvalue weighted by Gasteiger charge is -1.97. The number of carbonyl (C=O) groups is 1. The third-order valence-electron chi connectivity index (χ3n) is 1.76. The van der Waals surface area contributed by atoms with E-state index in [9.17, 15) is 4.79 Å². The van der Waals surface area contributed by atoms with Crippen LogP contribution in [-0.4, -0.2) is 27.7 Å². The summed E-state index contributed by atoms with van der Waals surface area (Å²) in [5.41, 5.74) is 0.833. The van der Waals surface area contributed by atoms with Crippen LogP contribution in [0.5, 0.6) is 0 Å². The summed E-state index contributed by atoms with van der Waals surface area (Å²) in [7, 11) is 1.32. The largest absolute Gasteiger partial charge is 0.465 e. The fourth-order valence-corrected chi connectivity index (χ4v) is 1.49. The van der Waals surface area contributed by atoms with Gasteiger partial charge in [-0.2, -0.15) is 5.10 Å². The van der Waals surface area contributed by atoms with E-state index < -0.39 is 5.97 Å². The van der Waals surface area contributed by atoms with Crippen LogP contribution < -0.4 is 0 Å². The zero-order valence-electron chi connectivity index (χ0n) is 7.27. The molecule has 2 heterocycles. The molecule has 72 valence electrons. The first-order chi connectivity index (χ1) is 6.74. The molecule has 0 bridgehead atoms. The molecule has 2 aromatic heterocycles. The number of aromatic nitrogens is 3. The van der Waals surface area contributed by atoms with Crippen LogP contribution in [0.15, 0.2) is 23.1 Å². The zero-order chi connectivity index (χ0) is 10.1. The van der Waals surface area contributed by atoms with Crippen LogP contribution in [0.1, 0.15) is 10.4 Å². The Bertz CT molecular complexity index is 494. The molecule has 0 amide bonds. The van der Waals surface area contributed by atoms with Crippen molar-refractivity contribution in [1.29, 1.82) is 0 Å². The topological polar surface area (TPSA) is 56.5 Å². The maximum atomic E-state index is 11.3. The molecule has 0 saturated carbocycles. The van der Waals surface area contributed by atoms with Gasteiger partial charge in [-0.25, -0.2) is 14.3 Å². The Morgan fingerprint density at radius 3 is 3.14 bits per heavy atom. The number of nitrogens with zero attached hydrogens (tertiary/aromatic N) is 3. The second kappa shape index (κ2) is 3.38. The van der Waals surface area contributed by atoms with Crippen molar-refractivity contribution in [2.75, 3.05) is 7.11 Å². The second-order valence-corrected chi connectivity index (χ2v) is 3.37. The van der Waals surface area contributed by atoms with Gasteiger partial charge in [-0.15, -0.1) is 0 Å². The van der Waals surface area contributed by atoms with Crippen LogP contribution in [0.3, 0.4) is 0 Å². The van der Waals surface area contributed by atoms with Crippen molar-refractivity contribution in [3.63, 3.8) is 0 Å². The highest BCUT2D eigenvalue weighted by molar-refractivity contribution is 9.10. The van der Waals surface area contributed by atoms with E-state index in [4.69, 9.17) is 0 Å². The van der Waals surface area contributed by atoms with Crippen LogP contribution in [0.2, 0.25) is 0 Å². The van der Waals surface area contributed by atoms with Gasteiger partial charge < -0.3 is 4.74 Å². The molecular weight excluding hydrogens is 250 g/mol. The monoisotopic (exact) mass is 255 g/mol. The number of methoxy groups -OCH3 is 1. The van der Waals surface area contributed by atoms with E-state index in [2.05, 4.69) is 30.7 Å². The van der Waals surface area contributed by atoms with Crippen LogP contribution >= 0.6 is 15.9 Å². The number of rotatable bonds is 1. The van der Waals surface area contributed by atoms with E-state index in [-0.39, 0.29) is 0 Å². The van der Waals surface area contributed by atoms with E-state index in [1.165, 1.54) is 17.8 Å².